The summed E-state index contributed by atoms with van der Waals surface area (Å²) in [5.41, 5.74) is 2.87. The molecule has 8 nitrogen and oxygen atoms in total. The van der Waals surface area contributed by atoms with E-state index in [0.717, 1.165) is 11.1 Å². The van der Waals surface area contributed by atoms with Crippen molar-refractivity contribution in [1.29, 1.82) is 0 Å². The average molecular weight is 418 g/mol. The molecule has 1 aliphatic rings. The highest BCUT2D eigenvalue weighted by molar-refractivity contribution is 6.33. The third-order valence-corrected chi connectivity index (χ3v) is 5.24. The Balaban J connectivity index is 1.67. The lowest BCUT2D eigenvalue weighted by atomic mass is 10.0. The van der Waals surface area contributed by atoms with Crippen molar-refractivity contribution in [2.24, 2.45) is 7.05 Å². The van der Waals surface area contributed by atoms with Crippen molar-refractivity contribution in [2.45, 2.75) is 6.61 Å². The Kier molecular flexibility index (Phi) is 6.56. The summed E-state index contributed by atoms with van der Waals surface area (Å²) in [6.07, 6.45) is 4.84. The fraction of sp³-hybridized carbons (Fsp3) is 0.350. The predicted octanol–water partition coefficient (Wildman–Crippen LogP) is 1.50. The molecule has 1 aliphatic heterocycles. The number of carbonyl (C=O) groups excluding carboxylic acids is 2. The largest absolute Gasteiger partial charge is 0.392 e. The van der Waals surface area contributed by atoms with Gasteiger partial charge in [0.25, 0.3) is 0 Å². The maximum absolute atomic E-state index is 12.6. The van der Waals surface area contributed by atoms with Crippen LogP contribution in [0.4, 0.5) is 5.69 Å². The summed E-state index contributed by atoms with van der Waals surface area (Å²) in [7, 11) is 1.82. The van der Waals surface area contributed by atoms with Crippen molar-refractivity contribution in [1.82, 2.24) is 19.6 Å². The van der Waals surface area contributed by atoms with Gasteiger partial charge in [-0.1, -0.05) is 18.2 Å². The number of amides is 2. The minimum Gasteiger partial charge on any atom is -0.392 e. The number of aliphatic hydroxyl groups is 1. The van der Waals surface area contributed by atoms with E-state index in [1.165, 1.54) is 6.08 Å². The SMILES string of the molecule is C=CC(=O)N1CCN(C(=O)CNc2cc(-c3cnn(C)c3)c(Cl)cc2CO)CC1. The molecule has 0 bridgehead atoms. The lowest BCUT2D eigenvalue weighted by Crippen LogP contribution is -2.51. The number of nitrogens with zero attached hydrogens (tertiary/aromatic N) is 4. The normalized spacial score (nSPS) is 14.0. The van der Waals surface area contributed by atoms with Gasteiger partial charge in [0.1, 0.15) is 0 Å². The highest BCUT2D eigenvalue weighted by atomic mass is 35.5. The van der Waals surface area contributed by atoms with Crippen LogP contribution in [0.15, 0.2) is 37.2 Å². The number of aromatic nitrogens is 2. The number of aliphatic hydroxyl groups excluding tert-OH is 1. The van der Waals surface area contributed by atoms with E-state index in [9.17, 15) is 14.7 Å². The van der Waals surface area contributed by atoms with Crippen LogP contribution in [0.1, 0.15) is 5.56 Å². The molecule has 1 fully saturated rings. The van der Waals surface area contributed by atoms with Crippen LogP contribution in [0.3, 0.4) is 0 Å². The summed E-state index contributed by atoms with van der Waals surface area (Å²) in [4.78, 5) is 27.6. The zero-order chi connectivity index (χ0) is 21.0. The van der Waals surface area contributed by atoms with Crippen LogP contribution >= 0.6 is 11.6 Å². The molecule has 1 aromatic carbocycles. The van der Waals surface area contributed by atoms with Crippen LogP contribution in [0.25, 0.3) is 11.1 Å². The quantitative estimate of drug-likeness (QED) is 0.695. The van der Waals surface area contributed by atoms with E-state index in [2.05, 4.69) is 17.0 Å². The number of benzene rings is 1. The average Bonchev–Trinajstić information content (AvgIpc) is 3.17. The lowest BCUT2D eigenvalue weighted by molar-refractivity contribution is -0.135. The monoisotopic (exact) mass is 417 g/mol. The molecule has 1 aromatic heterocycles. The predicted molar refractivity (Wildman–Crippen MR) is 111 cm³/mol. The van der Waals surface area contributed by atoms with Gasteiger partial charge in [-0.3, -0.25) is 14.3 Å². The Morgan fingerprint density at radius 3 is 2.55 bits per heavy atom. The van der Waals surface area contributed by atoms with Crippen LogP contribution in [0.5, 0.6) is 0 Å². The van der Waals surface area contributed by atoms with E-state index in [4.69, 9.17) is 11.6 Å². The molecule has 2 aromatic rings. The topological polar surface area (TPSA) is 90.7 Å². The third kappa shape index (κ3) is 4.78. The number of nitrogens with one attached hydrogen (secondary N) is 1. The van der Waals surface area contributed by atoms with E-state index in [1.807, 2.05) is 19.3 Å². The standard InChI is InChI=1S/C20H24ClN5O3/c1-3-19(28)25-4-6-26(7-5-25)20(29)11-22-18-9-16(15-10-23-24(2)12-15)17(21)8-14(18)13-27/h3,8-10,12,22,27H,1,4-7,11,13H2,2H3. The first-order valence-corrected chi connectivity index (χ1v) is 9.66. The molecule has 0 radical (unpaired) electrons. The molecule has 9 heteroatoms. The Hall–Kier alpha value is -2.84. The number of aryl methyl sites for hydroxylation is 1. The Morgan fingerprint density at radius 1 is 1.28 bits per heavy atom. The zero-order valence-electron chi connectivity index (χ0n) is 16.3. The molecule has 154 valence electrons. The van der Waals surface area contributed by atoms with Crippen LogP contribution < -0.4 is 5.32 Å². The third-order valence-electron chi connectivity index (χ3n) is 4.93. The highest BCUT2D eigenvalue weighted by Gasteiger charge is 2.23. The van der Waals surface area contributed by atoms with Crippen LogP contribution in [-0.2, 0) is 23.2 Å². The molecule has 1 saturated heterocycles. The van der Waals surface area contributed by atoms with E-state index in [1.54, 1.807) is 26.7 Å². The molecule has 0 saturated carbocycles. The van der Waals surface area contributed by atoms with Gasteiger partial charge >= 0.3 is 0 Å². The van der Waals surface area contributed by atoms with Gasteiger partial charge in [0.05, 0.1) is 19.3 Å². The van der Waals surface area contributed by atoms with Gasteiger partial charge in [-0.25, -0.2) is 0 Å². The van der Waals surface area contributed by atoms with Crippen LogP contribution in [-0.4, -0.2) is 69.2 Å². The van der Waals surface area contributed by atoms with Crippen molar-refractivity contribution >= 4 is 29.1 Å². The van der Waals surface area contributed by atoms with Gasteiger partial charge in [-0.15, -0.1) is 0 Å². The summed E-state index contributed by atoms with van der Waals surface area (Å²) in [6.45, 7) is 5.31. The van der Waals surface area contributed by atoms with E-state index < -0.39 is 0 Å². The molecular formula is C20H24ClN5O3. The highest BCUT2D eigenvalue weighted by Crippen LogP contribution is 2.33. The molecule has 0 aliphatic carbocycles. The van der Waals surface area contributed by atoms with Gasteiger partial charge in [-0.2, -0.15) is 5.10 Å². The maximum atomic E-state index is 12.6. The van der Waals surface area contributed by atoms with Crippen molar-refractivity contribution < 1.29 is 14.7 Å². The molecule has 2 amide bonds. The first-order valence-electron chi connectivity index (χ1n) is 9.28. The number of hydrogen-bond donors (Lipinski definition) is 2. The number of anilines is 1. The lowest BCUT2D eigenvalue weighted by Gasteiger charge is -2.34. The molecule has 29 heavy (non-hydrogen) atoms. The second kappa shape index (κ2) is 9.11. The summed E-state index contributed by atoms with van der Waals surface area (Å²) in [6, 6.07) is 3.51. The van der Waals surface area contributed by atoms with Crippen molar-refractivity contribution in [3.05, 3.63) is 47.8 Å². The van der Waals surface area contributed by atoms with Crippen molar-refractivity contribution in [3.8, 4) is 11.1 Å². The number of hydrogen-bond acceptors (Lipinski definition) is 5. The second-order valence-electron chi connectivity index (χ2n) is 6.81. The van der Waals surface area contributed by atoms with Gasteiger partial charge in [0.15, 0.2) is 0 Å². The van der Waals surface area contributed by atoms with Gasteiger partial charge in [-0.05, 0) is 18.2 Å². The fourth-order valence-corrected chi connectivity index (χ4v) is 3.57. The number of carbonyl (C=O) groups is 2. The summed E-state index contributed by atoms with van der Waals surface area (Å²) >= 11 is 6.37. The molecule has 0 atom stereocenters. The molecule has 2 N–H and O–H groups in total. The number of piperazine rings is 1. The molecule has 0 unspecified atom stereocenters. The zero-order valence-corrected chi connectivity index (χ0v) is 17.0. The molecular weight excluding hydrogens is 394 g/mol. The second-order valence-corrected chi connectivity index (χ2v) is 7.22. The summed E-state index contributed by atoms with van der Waals surface area (Å²) in [5.74, 6) is -0.190. The first-order chi connectivity index (χ1) is 13.9. The van der Waals surface area contributed by atoms with Crippen molar-refractivity contribution in [3.63, 3.8) is 0 Å². The number of halogens is 1. The maximum Gasteiger partial charge on any atom is 0.246 e. The number of rotatable bonds is 6. The van der Waals surface area contributed by atoms with E-state index in [-0.39, 0.29) is 25.0 Å². The Morgan fingerprint density at radius 2 is 1.97 bits per heavy atom. The summed E-state index contributed by atoms with van der Waals surface area (Å²) < 4.78 is 1.68. The van der Waals surface area contributed by atoms with Gasteiger partial charge in [0, 0.05) is 66.8 Å². The fourth-order valence-electron chi connectivity index (χ4n) is 3.28. The molecule has 0 spiro atoms. The Bertz CT molecular complexity index is 919. The summed E-state index contributed by atoms with van der Waals surface area (Å²) in [5, 5.41) is 17.4. The van der Waals surface area contributed by atoms with E-state index >= 15 is 0 Å². The first kappa shape index (κ1) is 20.9. The van der Waals surface area contributed by atoms with E-state index in [0.29, 0.717) is 42.5 Å². The van der Waals surface area contributed by atoms with Crippen LogP contribution in [0, 0.1) is 0 Å². The smallest absolute Gasteiger partial charge is 0.246 e. The van der Waals surface area contributed by atoms with Gasteiger partial charge < -0.3 is 20.2 Å². The van der Waals surface area contributed by atoms with Gasteiger partial charge in [0.2, 0.25) is 11.8 Å². The van der Waals surface area contributed by atoms with Crippen LogP contribution in [0.2, 0.25) is 5.02 Å². The minimum atomic E-state index is -0.202. The minimum absolute atomic E-state index is 0.0718. The van der Waals surface area contributed by atoms with Crippen molar-refractivity contribution in [2.75, 3.05) is 38.0 Å². The Labute approximate surface area is 174 Å². The molecule has 3 rings (SSSR count). The molecule has 2 heterocycles.